The van der Waals surface area contributed by atoms with Crippen LogP contribution in [-0.4, -0.2) is 52.8 Å². The molecular weight excluding hydrogens is 374 g/mol. The molecular formula is C25H31N3O2. The summed E-state index contributed by atoms with van der Waals surface area (Å²) in [6, 6.07) is 14.2. The number of hydrogen-bond acceptors (Lipinski definition) is 3. The Morgan fingerprint density at radius 3 is 2.10 bits per heavy atom. The van der Waals surface area contributed by atoms with Crippen molar-refractivity contribution < 1.29 is 9.59 Å². The van der Waals surface area contributed by atoms with Gasteiger partial charge in [-0.25, -0.2) is 0 Å². The normalized spacial score (nSPS) is 18.2. The average Bonchev–Trinajstić information content (AvgIpc) is 3.56. The summed E-state index contributed by atoms with van der Waals surface area (Å²) in [5, 5.41) is 0. The average molecular weight is 406 g/mol. The first-order chi connectivity index (χ1) is 14.3. The number of rotatable bonds is 4. The van der Waals surface area contributed by atoms with Crippen molar-refractivity contribution in [3.05, 3.63) is 65.5 Å². The Morgan fingerprint density at radius 2 is 1.57 bits per heavy atom. The fourth-order valence-electron chi connectivity index (χ4n) is 4.27. The third-order valence-electron chi connectivity index (χ3n) is 6.44. The summed E-state index contributed by atoms with van der Waals surface area (Å²) >= 11 is 0. The van der Waals surface area contributed by atoms with Crippen LogP contribution in [0.25, 0.3) is 0 Å². The predicted octanol–water partition coefficient (Wildman–Crippen LogP) is 3.32. The first kappa shape index (κ1) is 20.6. The van der Waals surface area contributed by atoms with Gasteiger partial charge in [0, 0.05) is 38.1 Å². The molecule has 4 rings (SSSR count). The molecule has 1 aromatic heterocycles. The SMILES string of the molecule is CC(C)(C)c1ccc(C2(C(=O)N3CCN(C(=O)Cc4ccccn4)CC3)CC2)cc1. The molecule has 5 nitrogen and oxygen atoms in total. The van der Waals surface area contributed by atoms with Crippen LogP contribution >= 0.6 is 0 Å². The fourth-order valence-corrected chi connectivity index (χ4v) is 4.27. The lowest BCUT2D eigenvalue weighted by atomic mass is 9.84. The third-order valence-corrected chi connectivity index (χ3v) is 6.44. The van der Waals surface area contributed by atoms with Gasteiger partial charge in [0.15, 0.2) is 0 Å². The monoisotopic (exact) mass is 405 g/mol. The van der Waals surface area contributed by atoms with Crippen LogP contribution in [0.1, 0.15) is 50.4 Å². The minimum absolute atomic E-state index is 0.0831. The number of carbonyl (C=O) groups is 2. The van der Waals surface area contributed by atoms with Crippen molar-refractivity contribution in [3.63, 3.8) is 0 Å². The summed E-state index contributed by atoms with van der Waals surface area (Å²) in [7, 11) is 0. The zero-order valence-corrected chi connectivity index (χ0v) is 18.2. The van der Waals surface area contributed by atoms with Crippen molar-refractivity contribution in [2.45, 2.75) is 50.9 Å². The summed E-state index contributed by atoms with van der Waals surface area (Å²) < 4.78 is 0. The summed E-state index contributed by atoms with van der Waals surface area (Å²) in [4.78, 5) is 34.0. The molecule has 2 heterocycles. The number of hydrogen-bond donors (Lipinski definition) is 0. The highest BCUT2D eigenvalue weighted by atomic mass is 16.2. The molecule has 0 atom stereocenters. The first-order valence-electron chi connectivity index (χ1n) is 10.9. The number of amides is 2. The highest BCUT2D eigenvalue weighted by molar-refractivity contribution is 5.91. The van der Waals surface area contributed by atoms with Crippen molar-refractivity contribution in [2.75, 3.05) is 26.2 Å². The van der Waals surface area contributed by atoms with E-state index in [4.69, 9.17) is 0 Å². The van der Waals surface area contributed by atoms with E-state index in [2.05, 4.69) is 50.0 Å². The standard InChI is InChI=1S/C25H31N3O2/c1-24(2,3)19-7-9-20(10-8-19)25(11-12-25)23(30)28-16-14-27(15-17-28)22(29)18-21-6-4-5-13-26-21/h4-10,13H,11-12,14-18H2,1-3H3. The molecule has 0 N–H and O–H groups in total. The van der Waals surface area contributed by atoms with Crippen molar-refractivity contribution in [1.82, 2.24) is 14.8 Å². The van der Waals surface area contributed by atoms with E-state index in [0.717, 1.165) is 24.1 Å². The Bertz CT molecular complexity index is 904. The van der Waals surface area contributed by atoms with Crippen molar-refractivity contribution in [3.8, 4) is 0 Å². The van der Waals surface area contributed by atoms with Gasteiger partial charge in [-0.2, -0.15) is 0 Å². The molecule has 0 unspecified atom stereocenters. The van der Waals surface area contributed by atoms with Crippen molar-refractivity contribution in [1.29, 1.82) is 0 Å². The summed E-state index contributed by atoms with van der Waals surface area (Å²) in [5.41, 5.74) is 2.97. The van der Waals surface area contributed by atoms with Crippen LogP contribution in [0.4, 0.5) is 0 Å². The molecule has 1 aliphatic heterocycles. The van der Waals surface area contributed by atoms with Crippen LogP contribution in [0.2, 0.25) is 0 Å². The van der Waals surface area contributed by atoms with Gasteiger partial charge >= 0.3 is 0 Å². The number of pyridine rings is 1. The largest absolute Gasteiger partial charge is 0.339 e. The molecule has 0 spiro atoms. The molecule has 1 aromatic carbocycles. The Morgan fingerprint density at radius 1 is 0.933 bits per heavy atom. The highest BCUT2D eigenvalue weighted by Gasteiger charge is 2.53. The van der Waals surface area contributed by atoms with E-state index in [1.165, 1.54) is 5.56 Å². The fraction of sp³-hybridized carbons (Fsp3) is 0.480. The Balaban J connectivity index is 1.36. The lowest BCUT2D eigenvalue weighted by Gasteiger charge is -2.37. The predicted molar refractivity (Wildman–Crippen MR) is 117 cm³/mol. The van der Waals surface area contributed by atoms with E-state index < -0.39 is 0 Å². The molecule has 2 fully saturated rings. The number of carbonyl (C=O) groups excluding carboxylic acids is 2. The van der Waals surface area contributed by atoms with E-state index >= 15 is 0 Å². The van der Waals surface area contributed by atoms with Gasteiger partial charge in [0.05, 0.1) is 11.8 Å². The van der Waals surface area contributed by atoms with E-state index in [1.807, 2.05) is 28.0 Å². The van der Waals surface area contributed by atoms with Gasteiger partial charge in [-0.05, 0) is 41.5 Å². The maximum atomic E-state index is 13.3. The van der Waals surface area contributed by atoms with Crippen LogP contribution in [-0.2, 0) is 26.8 Å². The lowest BCUT2D eigenvalue weighted by Crippen LogP contribution is -2.53. The topological polar surface area (TPSA) is 53.5 Å². The zero-order valence-electron chi connectivity index (χ0n) is 18.2. The highest BCUT2D eigenvalue weighted by Crippen LogP contribution is 2.50. The minimum Gasteiger partial charge on any atom is -0.339 e. The van der Waals surface area contributed by atoms with Crippen LogP contribution in [0.3, 0.4) is 0 Å². The number of benzene rings is 1. The van der Waals surface area contributed by atoms with Gasteiger partial charge < -0.3 is 9.80 Å². The molecule has 30 heavy (non-hydrogen) atoms. The molecule has 2 aromatic rings. The summed E-state index contributed by atoms with van der Waals surface area (Å²) in [5.74, 6) is 0.308. The maximum Gasteiger partial charge on any atom is 0.233 e. The quantitative estimate of drug-likeness (QED) is 0.784. The van der Waals surface area contributed by atoms with E-state index in [1.54, 1.807) is 6.20 Å². The molecule has 2 aliphatic rings. The number of piperazine rings is 1. The number of aromatic nitrogens is 1. The second kappa shape index (κ2) is 7.86. The van der Waals surface area contributed by atoms with Crippen molar-refractivity contribution in [2.24, 2.45) is 0 Å². The smallest absolute Gasteiger partial charge is 0.233 e. The van der Waals surface area contributed by atoms with Crippen LogP contribution in [0, 0.1) is 0 Å². The number of nitrogens with zero attached hydrogens (tertiary/aromatic N) is 3. The van der Waals surface area contributed by atoms with Gasteiger partial charge in [0.25, 0.3) is 0 Å². The summed E-state index contributed by atoms with van der Waals surface area (Å²) in [6.07, 6.45) is 3.86. The van der Waals surface area contributed by atoms with Gasteiger partial charge in [0.1, 0.15) is 0 Å². The van der Waals surface area contributed by atoms with Gasteiger partial charge in [0.2, 0.25) is 11.8 Å². The van der Waals surface area contributed by atoms with Crippen LogP contribution in [0.15, 0.2) is 48.7 Å². The summed E-state index contributed by atoms with van der Waals surface area (Å²) in [6.45, 7) is 9.01. The first-order valence-corrected chi connectivity index (χ1v) is 10.9. The molecule has 0 bridgehead atoms. The molecule has 1 saturated heterocycles. The second-order valence-electron chi connectivity index (χ2n) is 9.58. The van der Waals surface area contributed by atoms with E-state index in [0.29, 0.717) is 32.6 Å². The molecule has 5 heteroatoms. The lowest BCUT2D eigenvalue weighted by molar-refractivity contribution is -0.140. The Hall–Kier alpha value is -2.69. The van der Waals surface area contributed by atoms with Gasteiger partial charge in [-0.1, -0.05) is 51.1 Å². The Kier molecular flexibility index (Phi) is 5.39. The molecule has 2 amide bonds. The Labute approximate surface area is 179 Å². The van der Waals surface area contributed by atoms with E-state index in [9.17, 15) is 9.59 Å². The zero-order chi connectivity index (χ0) is 21.4. The van der Waals surface area contributed by atoms with Crippen LogP contribution in [0.5, 0.6) is 0 Å². The molecule has 1 saturated carbocycles. The minimum atomic E-state index is -0.351. The van der Waals surface area contributed by atoms with Gasteiger partial charge in [-0.15, -0.1) is 0 Å². The van der Waals surface area contributed by atoms with Gasteiger partial charge in [-0.3, -0.25) is 14.6 Å². The molecule has 0 radical (unpaired) electrons. The molecule has 1 aliphatic carbocycles. The van der Waals surface area contributed by atoms with E-state index in [-0.39, 0.29) is 22.6 Å². The maximum absolute atomic E-state index is 13.3. The van der Waals surface area contributed by atoms with Crippen molar-refractivity contribution >= 4 is 11.8 Å². The third kappa shape index (κ3) is 4.11. The molecule has 158 valence electrons. The van der Waals surface area contributed by atoms with Crippen LogP contribution < -0.4 is 0 Å². The second-order valence-corrected chi connectivity index (χ2v) is 9.58.